The van der Waals surface area contributed by atoms with E-state index in [2.05, 4.69) is 27.6 Å². The van der Waals surface area contributed by atoms with Crippen LogP contribution in [0.5, 0.6) is 0 Å². The van der Waals surface area contributed by atoms with E-state index in [1.165, 1.54) is 25.7 Å². The minimum absolute atomic E-state index is 0.793. The first-order valence-corrected chi connectivity index (χ1v) is 8.21. The molecule has 5 heteroatoms. The molecule has 1 aromatic rings. The van der Waals surface area contributed by atoms with Crippen molar-refractivity contribution in [3.63, 3.8) is 0 Å². The number of aryl methyl sites for hydroxylation is 1. The van der Waals surface area contributed by atoms with Gasteiger partial charge in [-0.05, 0) is 30.7 Å². The normalized spacial score (nSPS) is 23.0. The summed E-state index contributed by atoms with van der Waals surface area (Å²) in [5, 5.41) is 11.1. The fraction of sp³-hybridized carbons (Fsp3) is 0.750. The second kappa shape index (κ2) is 8.70. The van der Waals surface area contributed by atoms with Gasteiger partial charge in [-0.2, -0.15) is 5.10 Å². The van der Waals surface area contributed by atoms with Gasteiger partial charge in [-0.15, -0.1) is 0 Å². The van der Waals surface area contributed by atoms with Gasteiger partial charge in [0.1, 0.15) is 0 Å². The molecule has 1 fully saturated rings. The third-order valence-corrected chi connectivity index (χ3v) is 4.46. The second-order valence-corrected chi connectivity index (χ2v) is 6.02. The highest BCUT2D eigenvalue weighted by molar-refractivity contribution is 5.79. The van der Waals surface area contributed by atoms with Gasteiger partial charge < -0.3 is 10.6 Å². The molecule has 0 aromatic carbocycles. The maximum absolute atomic E-state index is 4.30. The van der Waals surface area contributed by atoms with Crippen molar-refractivity contribution in [1.29, 1.82) is 0 Å². The SMILES string of the molecule is CN=C(NCCCn1cccn1)NCC1CCCCC1C. The summed E-state index contributed by atoms with van der Waals surface area (Å²) in [6, 6.07) is 1.96. The fourth-order valence-electron chi connectivity index (χ4n) is 3.03. The number of aliphatic imine (C=N–C) groups is 1. The van der Waals surface area contributed by atoms with Gasteiger partial charge >= 0.3 is 0 Å². The van der Waals surface area contributed by atoms with Crippen LogP contribution in [0.1, 0.15) is 39.0 Å². The Morgan fingerprint density at radius 1 is 1.33 bits per heavy atom. The molecule has 21 heavy (non-hydrogen) atoms. The van der Waals surface area contributed by atoms with Gasteiger partial charge in [0.05, 0.1) is 0 Å². The van der Waals surface area contributed by atoms with Crippen molar-refractivity contribution in [2.75, 3.05) is 20.1 Å². The third-order valence-electron chi connectivity index (χ3n) is 4.46. The Hall–Kier alpha value is -1.52. The van der Waals surface area contributed by atoms with Crippen LogP contribution in [0.25, 0.3) is 0 Å². The molecule has 0 spiro atoms. The predicted molar refractivity (Wildman–Crippen MR) is 87.3 cm³/mol. The van der Waals surface area contributed by atoms with Gasteiger partial charge in [0.2, 0.25) is 0 Å². The first-order chi connectivity index (χ1) is 10.3. The Morgan fingerprint density at radius 2 is 2.19 bits per heavy atom. The minimum atomic E-state index is 0.793. The molecule has 1 heterocycles. The molecule has 2 N–H and O–H groups in total. The zero-order valence-corrected chi connectivity index (χ0v) is 13.4. The summed E-state index contributed by atoms with van der Waals surface area (Å²) < 4.78 is 1.96. The van der Waals surface area contributed by atoms with Crippen LogP contribution in [-0.4, -0.2) is 35.9 Å². The Balaban J connectivity index is 1.61. The lowest BCUT2D eigenvalue weighted by molar-refractivity contribution is 0.256. The smallest absolute Gasteiger partial charge is 0.190 e. The van der Waals surface area contributed by atoms with Gasteiger partial charge in [-0.25, -0.2) is 0 Å². The summed E-state index contributed by atoms with van der Waals surface area (Å²) in [5.41, 5.74) is 0. The minimum Gasteiger partial charge on any atom is -0.356 e. The summed E-state index contributed by atoms with van der Waals surface area (Å²) in [4.78, 5) is 4.30. The van der Waals surface area contributed by atoms with E-state index in [9.17, 15) is 0 Å². The molecule has 0 aliphatic heterocycles. The standard InChI is InChI=1S/C16H29N5/c1-14-7-3-4-8-15(14)13-19-16(17-2)18-9-5-11-21-12-6-10-20-21/h6,10,12,14-15H,3-5,7-9,11,13H2,1-2H3,(H2,17,18,19). The van der Waals surface area contributed by atoms with E-state index in [1.807, 2.05) is 30.2 Å². The molecule has 1 aliphatic carbocycles. The number of hydrogen-bond acceptors (Lipinski definition) is 2. The van der Waals surface area contributed by atoms with E-state index in [0.717, 1.165) is 43.9 Å². The second-order valence-electron chi connectivity index (χ2n) is 6.02. The number of guanidine groups is 1. The molecule has 1 aromatic heterocycles. The van der Waals surface area contributed by atoms with Crippen molar-refractivity contribution < 1.29 is 0 Å². The topological polar surface area (TPSA) is 54.2 Å². The molecule has 1 saturated carbocycles. The highest BCUT2D eigenvalue weighted by Crippen LogP contribution is 2.28. The zero-order valence-electron chi connectivity index (χ0n) is 13.4. The highest BCUT2D eigenvalue weighted by atomic mass is 15.3. The molecule has 5 nitrogen and oxygen atoms in total. The highest BCUT2D eigenvalue weighted by Gasteiger charge is 2.21. The Labute approximate surface area is 128 Å². The van der Waals surface area contributed by atoms with Crippen molar-refractivity contribution in [3.05, 3.63) is 18.5 Å². The fourth-order valence-corrected chi connectivity index (χ4v) is 3.03. The molecular formula is C16H29N5. The average molecular weight is 291 g/mol. The zero-order chi connectivity index (χ0) is 14.9. The van der Waals surface area contributed by atoms with E-state index < -0.39 is 0 Å². The van der Waals surface area contributed by atoms with Crippen molar-refractivity contribution in [3.8, 4) is 0 Å². The van der Waals surface area contributed by atoms with Gasteiger partial charge in [0.15, 0.2) is 5.96 Å². The number of rotatable bonds is 6. The Bertz CT molecular complexity index is 412. The van der Waals surface area contributed by atoms with E-state index >= 15 is 0 Å². The monoisotopic (exact) mass is 291 g/mol. The van der Waals surface area contributed by atoms with Crippen molar-refractivity contribution in [2.45, 2.75) is 45.6 Å². The lowest BCUT2D eigenvalue weighted by atomic mass is 9.80. The average Bonchev–Trinajstić information content (AvgIpc) is 3.01. The molecule has 2 rings (SSSR count). The third kappa shape index (κ3) is 5.40. The summed E-state index contributed by atoms with van der Waals surface area (Å²) in [6.07, 6.45) is 10.4. The first kappa shape index (κ1) is 15.9. The summed E-state index contributed by atoms with van der Waals surface area (Å²) in [6.45, 7) is 5.28. The van der Waals surface area contributed by atoms with Crippen LogP contribution < -0.4 is 10.6 Å². The van der Waals surface area contributed by atoms with Crippen LogP contribution in [0.4, 0.5) is 0 Å². The van der Waals surface area contributed by atoms with Crippen LogP contribution in [0.15, 0.2) is 23.5 Å². The molecule has 0 radical (unpaired) electrons. The van der Waals surface area contributed by atoms with E-state index in [0.29, 0.717) is 0 Å². The largest absolute Gasteiger partial charge is 0.356 e. The maximum Gasteiger partial charge on any atom is 0.190 e. The van der Waals surface area contributed by atoms with E-state index in [-0.39, 0.29) is 0 Å². The molecule has 0 saturated heterocycles. The lowest BCUT2D eigenvalue weighted by Gasteiger charge is -2.29. The molecular weight excluding hydrogens is 262 g/mol. The van der Waals surface area contributed by atoms with Crippen molar-refractivity contribution >= 4 is 5.96 Å². The van der Waals surface area contributed by atoms with Gasteiger partial charge in [0.25, 0.3) is 0 Å². The van der Waals surface area contributed by atoms with Crippen LogP contribution in [0.2, 0.25) is 0 Å². The lowest BCUT2D eigenvalue weighted by Crippen LogP contribution is -2.41. The predicted octanol–water partition coefficient (Wildman–Crippen LogP) is 2.26. The van der Waals surface area contributed by atoms with Gasteiger partial charge in [-0.1, -0.05) is 26.2 Å². The first-order valence-electron chi connectivity index (χ1n) is 8.21. The molecule has 2 atom stereocenters. The quantitative estimate of drug-likeness (QED) is 0.480. The van der Waals surface area contributed by atoms with Crippen molar-refractivity contribution in [1.82, 2.24) is 20.4 Å². The van der Waals surface area contributed by atoms with Crippen LogP contribution in [0, 0.1) is 11.8 Å². The number of hydrogen-bond donors (Lipinski definition) is 2. The summed E-state index contributed by atoms with van der Waals surface area (Å²) >= 11 is 0. The number of aromatic nitrogens is 2. The van der Waals surface area contributed by atoms with Crippen molar-refractivity contribution in [2.24, 2.45) is 16.8 Å². The maximum atomic E-state index is 4.30. The van der Waals surface area contributed by atoms with Crippen LogP contribution in [0.3, 0.4) is 0 Å². The molecule has 2 unspecified atom stereocenters. The Morgan fingerprint density at radius 3 is 2.90 bits per heavy atom. The molecule has 0 bridgehead atoms. The van der Waals surface area contributed by atoms with Gasteiger partial charge in [-0.3, -0.25) is 9.67 Å². The van der Waals surface area contributed by atoms with E-state index in [4.69, 9.17) is 0 Å². The number of nitrogens with one attached hydrogen (secondary N) is 2. The van der Waals surface area contributed by atoms with E-state index in [1.54, 1.807) is 0 Å². The molecule has 118 valence electrons. The van der Waals surface area contributed by atoms with Gasteiger partial charge in [0, 0.05) is 39.1 Å². The molecule has 0 amide bonds. The van der Waals surface area contributed by atoms with Crippen LogP contribution >= 0.6 is 0 Å². The summed E-state index contributed by atoms with van der Waals surface area (Å²) in [7, 11) is 1.84. The molecule has 1 aliphatic rings. The van der Waals surface area contributed by atoms with Crippen LogP contribution in [-0.2, 0) is 6.54 Å². The summed E-state index contributed by atoms with van der Waals surface area (Å²) in [5.74, 6) is 2.55. The number of nitrogens with zero attached hydrogens (tertiary/aromatic N) is 3. The Kier molecular flexibility index (Phi) is 6.57.